The molecular weight excluding hydrogens is 438 g/mol. The summed E-state index contributed by atoms with van der Waals surface area (Å²) in [5.74, 6) is -4.68. The lowest BCUT2D eigenvalue weighted by Crippen LogP contribution is -2.56. The standard InChI is InChI=1S/C19H31N7O7/c20-6-2-1-3-12(24-15(27)8-21)17(30)26-14(7-11-9-22-10-23-11)18(31)25-13(19(32)33)4-5-16(28)29/h9-10,12-14H,1-8,20-21H2,(H,22,23)(H,24,27)(H,25,31)(H,26,30)(H,28,29)(H,32,33). The zero-order valence-corrected chi connectivity index (χ0v) is 18.1. The fourth-order valence-electron chi connectivity index (χ4n) is 2.91. The van der Waals surface area contributed by atoms with Gasteiger partial charge in [0.15, 0.2) is 0 Å². The van der Waals surface area contributed by atoms with Crippen molar-refractivity contribution in [3.05, 3.63) is 18.2 Å². The lowest BCUT2D eigenvalue weighted by molar-refractivity contribution is -0.143. The molecule has 1 aromatic rings. The number of H-pyrrole nitrogens is 1. The zero-order chi connectivity index (χ0) is 24.8. The van der Waals surface area contributed by atoms with E-state index in [0.717, 1.165) is 0 Å². The van der Waals surface area contributed by atoms with Crippen LogP contribution in [0.2, 0.25) is 0 Å². The Balaban J connectivity index is 2.99. The number of hydrogen-bond acceptors (Lipinski definition) is 8. The number of imidazole rings is 1. The van der Waals surface area contributed by atoms with Crippen molar-refractivity contribution in [1.29, 1.82) is 0 Å². The van der Waals surface area contributed by atoms with Gasteiger partial charge in [0.25, 0.3) is 0 Å². The molecule has 3 amide bonds. The second-order valence-corrected chi connectivity index (χ2v) is 7.28. The Morgan fingerprint density at radius 1 is 0.939 bits per heavy atom. The third kappa shape index (κ3) is 10.6. The average molecular weight is 469 g/mol. The maximum atomic E-state index is 12.9. The van der Waals surface area contributed by atoms with Gasteiger partial charge in [0.2, 0.25) is 17.7 Å². The molecule has 184 valence electrons. The van der Waals surface area contributed by atoms with Gasteiger partial charge in [-0.05, 0) is 32.2 Å². The first-order chi connectivity index (χ1) is 15.7. The summed E-state index contributed by atoms with van der Waals surface area (Å²) in [7, 11) is 0. The minimum atomic E-state index is -1.47. The predicted molar refractivity (Wildman–Crippen MR) is 115 cm³/mol. The average Bonchev–Trinajstić information content (AvgIpc) is 3.27. The number of carbonyl (C=O) groups is 5. The van der Waals surface area contributed by atoms with Crippen LogP contribution in [0.3, 0.4) is 0 Å². The van der Waals surface area contributed by atoms with E-state index in [1.165, 1.54) is 12.5 Å². The van der Waals surface area contributed by atoms with Crippen molar-refractivity contribution in [2.24, 2.45) is 11.5 Å². The molecule has 1 aromatic heterocycles. The van der Waals surface area contributed by atoms with Gasteiger partial charge in [-0.3, -0.25) is 19.2 Å². The van der Waals surface area contributed by atoms with Crippen LogP contribution in [0, 0.1) is 0 Å². The van der Waals surface area contributed by atoms with Crippen molar-refractivity contribution in [2.75, 3.05) is 13.1 Å². The number of rotatable bonds is 16. The summed E-state index contributed by atoms with van der Waals surface area (Å²) >= 11 is 0. The van der Waals surface area contributed by atoms with Gasteiger partial charge in [0, 0.05) is 24.7 Å². The Hall–Kier alpha value is -3.52. The highest BCUT2D eigenvalue weighted by Crippen LogP contribution is 2.06. The second kappa shape index (κ2) is 14.5. The summed E-state index contributed by atoms with van der Waals surface area (Å²) < 4.78 is 0. The predicted octanol–water partition coefficient (Wildman–Crippen LogP) is -2.56. The first-order valence-corrected chi connectivity index (χ1v) is 10.4. The van der Waals surface area contributed by atoms with Crippen LogP contribution in [-0.4, -0.2) is 81.1 Å². The van der Waals surface area contributed by atoms with Crippen molar-refractivity contribution >= 4 is 29.7 Å². The number of amides is 3. The largest absolute Gasteiger partial charge is 0.481 e. The number of aromatic amines is 1. The lowest BCUT2D eigenvalue weighted by atomic mass is 10.1. The van der Waals surface area contributed by atoms with Crippen LogP contribution in [0.15, 0.2) is 12.5 Å². The van der Waals surface area contributed by atoms with Crippen LogP contribution in [0.4, 0.5) is 0 Å². The molecule has 33 heavy (non-hydrogen) atoms. The van der Waals surface area contributed by atoms with E-state index in [1.54, 1.807) is 0 Å². The van der Waals surface area contributed by atoms with Gasteiger partial charge in [-0.2, -0.15) is 0 Å². The van der Waals surface area contributed by atoms with Gasteiger partial charge in [0.1, 0.15) is 18.1 Å². The zero-order valence-electron chi connectivity index (χ0n) is 18.1. The highest BCUT2D eigenvalue weighted by Gasteiger charge is 2.30. The van der Waals surface area contributed by atoms with Gasteiger partial charge < -0.3 is 42.6 Å². The number of nitrogens with one attached hydrogen (secondary N) is 4. The van der Waals surface area contributed by atoms with Crippen LogP contribution >= 0.6 is 0 Å². The fourth-order valence-corrected chi connectivity index (χ4v) is 2.91. The molecule has 0 aliphatic rings. The lowest BCUT2D eigenvalue weighted by Gasteiger charge is -2.24. The first kappa shape index (κ1) is 27.5. The van der Waals surface area contributed by atoms with E-state index in [2.05, 4.69) is 25.9 Å². The molecule has 3 atom stereocenters. The normalized spacial score (nSPS) is 13.4. The molecule has 3 unspecified atom stereocenters. The maximum absolute atomic E-state index is 12.9. The summed E-state index contributed by atoms with van der Waals surface area (Å²) in [5.41, 5.74) is 11.3. The minimum absolute atomic E-state index is 0.0524. The van der Waals surface area contributed by atoms with Crippen LogP contribution in [0.5, 0.6) is 0 Å². The number of nitrogens with two attached hydrogens (primary N) is 2. The molecule has 1 rings (SSSR count). The van der Waals surface area contributed by atoms with Gasteiger partial charge in [-0.25, -0.2) is 9.78 Å². The summed E-state index contributed by atoms with van der Waals surface area (Å²) in [6.07, 6.45) is 3.35. The van der Waals surface area contributed by atoms with Gasteiger partial charge in [0.05, 0.1) is 12.9 Å². The molecule has 0 fully saturated rings. The summed E-state index contributed by atoms with van der Waals surface area (Å²) in [5, 5.41) is 25.4. The number of aromatic nitrogens is 2. The molecule has 0 aliphatic carbocycles. The second-order valence-electron chi connectivity index (χ2n) is 7.28. The monoisotopic (exact) mass is 469 g/mol. The minimum Gasteiger partial charge on any atom is -0.481 e. The van der Waals surface area contributed by atoms with Crippen molar-refractivity contribution in [3.63, 3.8) is 0 Å². The molecule has 0 aromatic carbocycles. The molecule has 14 nitrogen and oxygen atoms in total. The molecule has 0 spiro atoms. The Bertz CT molecular complexity index is 800. The number of nitrogens with zero attached hydrogens (tertiary/aromatic N) is 1. The van der Waals surface area contributed by atoms with Crippen molar-refractivity contribution in [2.45, 2.75) is 56.7 Å². The SMILES string of the molecule is NCCCCC(NC(=O)CN)C(=O)NC(Cc1cnc[nH]1)C(=O)NC(CCC(=O)O)C(=O)O. The molecule has 14 heteroatoms. The van der Waals surface area contributed by atoms with E-state index in [0.29, 0.717) is 25.1 Å². The number of carbonyl (C=O) groups excluding carboxylic acids is 3. The van der Waals surface area contributed by atoms with Gasteiger partial charge in [-0.1, -0.05) is 0 Å². The van der Waals surface area contributed by atoms with E-state index in [9.17, 15) is 29.1 Å². The van der Waals surface area contributed by atoms with E-state index in [4.69, 9.17) is 16.6 Å². The highest BCUT2D eigenvalue weighted by atomic mass is 16.4. The molecule has 0 aliphatic heterocycles. The van der Waals surface area contributed by atoms with Crippen LogP contribution in [-0.2, 0) is 30.4 Å². The van der Waals surface area contributed by atoms with Gasteiger partial charge >= 0.3 is 11.9 Å². The van der Waals surface area contributed by atoms with Crippen LogP contribution < -0.4 is 27.4 Å². The topological polar surface area (TPSA) is 243 Å². The summed E-state index contributed by atoms with van der Waals surface area (Å²) in [4.78, 5) is 66.3. The van der Waals surface area contributed by atoms with E-state index in [-0.39, 0.29) is 25.8 Å². The van der Waals surface area contributed by atoms with E-state index < -0.39 is 54.2 Å². The number of aliphatic carboxylic acids is 2. The molecule has 1 heterocycles. The number of carboxylic acid groups (broad SMARTS) is 2. The van der Waals surface area contributed by atoms with Crippen molar-refractivity contribution < 1.29 is 34.2 Å². The molecule has 0 saturated heterocycles. The van der Waals surface area contributed by atoms with Crippen molar-refractivity contribution in [3.8, 4) is 0 Å². The first-order valence-electron chi connectivity index (χ1n) is 10.4. The smallest absolute Gasteiger partial charge is 0.326 e. The summed E-state index contributed by atoms with van der Waals surface area (Å²) in [6.45, 7) is 0.0690. The molecule has 10 N–H and O–H groups in total. The number of unbranched alkanes of at least 4 members (excludes halogenated alkanes) is 1. The Morgan fingerprint density at radius 2 is 1.61 bits per heavy atom. The maximum Gasteiger partial charge on any atom is 0.326 e. The Morgan fingerprint density at radius 3 is 2.15 bits per heavy atom. The molecule has 0 radical (unpaired) electrons. The van der Waals surface area contributed by atoms with E-state index in [1.807, 2.05) is 0 Å². The number of carboxylic acids is 2. The Kier molecular flexibility index (Phi) is 12.1. The number of hydrogen-bond donors (Lipinski definition) is 8. The fraction of sp³-hybridized carbons (Fsp3) is 0.579. The van der Waals surface area contributed by atoms with E-state index >= 15 is 0 Å². The Labute approximate surface area is 189 Å². The van der Waals surface area contributed by atoms with Crippen LogP contribution in [0.25, 0.3) is 0 Å². The van der Waals surface area contributed by atoms with Crippen molar-refractivity contribution in [1.82, 2.24) is 25.9 Å². The van der Waals surface area contributed by atoms with Crippen LogP contribution in [0.1, 0.15) is 37.8 Å². The molecule has 0 bridgehead atoms. The van der Waals surface area contributed by atoms with Gasteiger partial charge in [-0.15, -0.1) is 0 Å². The third-order valence-corrected chi connectivity index (χ3v) is 4.66. The molecular formula is C19H31N7O7. The summed E-state index contributed by atoms with van der Waals surface area (Å²) in [6, 6.07) is -3.67. The molecule has 0 saturated carbocycles. The third-order valence-electron chi connectivity index (χ3n) is 4.66. The quantitative estimate of drug-likeness (QED) is 0.118. The highest BCUT2D eigenvalue weighted by molar-refractivity contribution is 5.93.